The topological polar surface area (TPSA) is 49.4 Å². The molecule has 2 rings (SSSR count). The van der Waals surface area contributed by atoms with Crippen molar-refractivity contribution < 1.29 is 14.0 Å². The summed E-state index contributed by atoms with van der Waals surface area (Å²) in [6.07, 6.45) is 1.34. The van der Waals surface area contributed by atoms with Gasteiger partial charge in [0.05, 0.1) is 5.69 Å². The van der Waals surface area contributed by atoms with Crippen LogP contribution < -0.4 is 10.2 Å². The number of hydrogen-bond donors (Lipinski definition) is 1. The second-order valence-electron chi connectivity index (χ2n) is 3.92. The Kier molecular flexibility index (Phi) is 3.08. The van der Waals surface area contributed by atoms with Gasteiger partial charge in [0.15, 0.2) is 0 Å². The van der Waals surface area contributed by atoms with Crippen molar-refractivity contribution in [1.29, 1.82) is 0 Å². The van der Waals surface area contributed by atoms with Crippen molar-refractivity contribution in [3.63, 3.8) is 0 Å². The third-order valence-electron chi connectivity index (χ3n) is 2.69. The molecule has 0 aliphatic carbocycles. The van der Waals surface area contributed by atoms with Gasteiger partial charge in [0.1, 0.15) is 11.9 Å². The summed E-state index contributed by atoms with van der Waals surface area (Å²) in [6.45, 7) is 1.92. The number of carbonyl (C=O) groups excluding carboxylic acids is 2. The van der Waals surface area contributed by atoms with Crippen LogP contribution in [0, 0.1) is 5.82 Å². The van der Waals surface area contributed by atoms with E-state index in [1.54, 1.807) is 6.07 Å². The Morgan fingerprint density at radius 1 is 1.35 bits per heavy atom. The van der Waals surface area contributed by atoms with Gasteiger partial charge in [0.2, 0.25) is 0 Å². The maximum absolute atomic E-state index is 13.5. The fourth-order valence-electron chi connectivity index (χ4n) is 1.88. The Bertz CT molecular complexity index is 462. The van der Waals surface area contributed by atoms with Gasteiger partial charge in [-0.2, -0.15) is 0 Å². The van der Waals surface area contributed by atoms with Gasteiger partial charge in [-0.05, 0) is 18.6 Å². The first-order valence-corrected chi connectivity index (χ1v) is 5.54. The lowest BCUT2D eigenvalue weighted by Crippen LogP contribution is -2.32. The van der Waals surface area contributed by atoms with Crippen LogP contribution in [0.3, 0.4) is 0 Å². The van der Waals surface area contributed by atoms with Gasteiger partial charge < -0.3 is 5.32 Å². The molecule has 17 heavy (non-hydrogen) atoms. The van der Waals surface area contributed by atoms with Crippen molar-refractivity contribution in [3.05, 3.63) is 30.1 Å². The Labute approximate surface area is 98.4 Å². The first-order valence-electron chi connectivity index (χ1n) is 5.54. The van der Waals surface area contributed by atoms with E-state index in [-0.39, 0.29) is 11.6 Å². The summed E-state index contributed by atoms with van der Waals surface area (Å²) in [4.78, 5) is 24.5. The molecule has 0 bridgehead atoms. The molecule has 5 heteroatoms. The minimum Gasteiger partial charge on any atom is -0.325 e. The predicted molar refractivity (Wildman–Crippen MR) is 61.1 cm³/mol. The zero-order chi connectivity index (χ0) is 12.4. The van der Waals surface area contributed by atoms with Crippen molar-refractivity contribution in [2.45, 2.75) is 25.8 Å². The molecule has 1 aliphatic heterocycles. The van der Waals surface area contributed by atoms with E-state index in [0.717, 1.165) is 11.3 Å². The monoisotopic (exact) mass is 236 g/mol. The average molecular weight is 236 g/mol. The van der Waals surface area contributed by atoms with Crippen LogP contribution in [0.15, 0.2) is 24.3 Å². The zero-order valence-corrected chi connectivity index (χ0v) is 9.44. The molecule has 1 atom stereocenters. The number of nitrogens with one attached hydrogen (secondary N) is 1. The highest BCUT2D eigenvalue weighted by Crippen LogP contribution is 2.23. The molecule has 1 aliphatic rings. The fourth-order valence-corrected chi connectivity index (χ4v) is 1.88. The highest BCUT2D eigenvalue weighted by molar-refractivity contribution is 6.21. The summed E-state index contributed by atoms with van der Waals surface area (Å²) < 4.78 is 13.5. The van der Waals surface area contributed by atoms with Crippen LogP contribution in [0.2, 0.25) is 0 Å². The second kappa shape index (κ2) is 4.53. The Hall–Kier alpha value is -1.91. The van der Waals surface area contributed by atoms with E-state index in [1.807, 2.05) is 6.92 Å². The first kappa shape index (κ1) is 11.6. The Morgan fingerprint density at radius 2 is 2.06 bits per heavy atom. The van der Waals surface area contributed by atoms with E-state index in [2.05, 4.69) is 5.32 Å². The molecule has 0 spiro atoms. The molecule has 4 nitrogen and oxygen atoms in total. The number of para-hydroxylation sites is 1. The third-order valence-corrected chi connectivity index (χ3v) is 2.69. The molecular formula is C12H13FN2O2. The van der Waals surface area contributed by atoms with E-state index in [0.29, 0.717) is 6.42 Å². The van der Waals surface area contributed by atoms with Crippen LogP contribution in [-0.4, -0.2) is 18.0 Å². The van der Waals surface area contributed by atoms with Crippen LogP contribution >= 0.6 is 0 Å². The van der Waals surface area contributed by atoms with Gasteiger partial charge in [-0.1, -0.05) is 25.5 Å². The van der Waals surface area contributed by atoms with Crippen LogP contribution in [0.4, 0.5) is 14.9 Å². The van der Waals surface area contributed by atoms with E-state index >= 15 is 0 Å². The third kappa shape index (κ3) is 2.00. The van der Waals surface area contributed by atoms with Crippen LogP contribution in [0.25, 0.3) is 0 Å². The normalized spacial score (nSPS) is 19.6. The van der Waals surface area contributed by atoms with E-state index in [9.17, 15) is 14.0 Å². The fraction of sp³-hybridized carbons (Fsp3) is 0.333. The first-order chi connectivity index (χ1) is 8.15. The Morgan fingerprint density at radius 3 is 2.71 bits per heavy atom. The molecule has 0 radical (unpaired) electrons. The lowest BCUT2D eigenvalue weighted by Gasteiger charge is -2.13. The van der Waals surface area contributed by atoms with E-state index in [4.69, 9.17) is 0 Å². The molecule has 1 saturated heterocycles. The molecule has 1 aromatic carbocycles. The zero-order valence-electron chi connectivity index (χ0n) is 9.44. The molecule has 1 aromatic rings. The minimum atomic E-state index is -0.576. The number of urea groups is 1. The second-order valence-corrected chi connectivity index (χ2v) is 3.92. The SMILES string of the molecule is CCCC1NC(=O)N(c2ccccc2F)C1=O. The van der Waals surface area contributed by atoms with Crippen LogP contribution in [-0.2, 0) is 4.79 Å². The van der Waals surface area contributed by atoms with Gasteiger partial charge in [-0.3, -0.25) is 4.79 Å². The quantitative estimate of drug-likeness (QED) is 0.816. The van der Waals surface area contributed by atoms with Gasteiger partial charge in [-0.15, -0.1) is 0 Å². The Balaban J connectivity index is 2.31. The van der Waals surface area contributed by atoms with Gasteiger partial charge in [0, 0.05) is 0 Å². The molecule has 0 saturated carbocycles. The highest BCUT2D eigenvalue weighted by Gasteiger charge is 2.39. The molecule has 1 fully saturated rings. The molecule has 1 N–H and O–H groups in total. The summed E-state index contributed by atoms with van der Waals surface area (Å²) in [6, 6.07) is 4.66. The van der Waals surface area contributed by atoms with Crippen molar-refractivity contribution in [2.75, 3.05) is 4.90 Å². The molecular weight excluding hydrogens is 223 g/mol. The largest absolute Gasteiger partial charge is 0.329 e. The number of halogens is 1. The van der Waals surface area contributed by atoms with Crippen molar-refractivity contribution >= 4 is 17.6 Å². The average Bonchev–Trinajstić information content (AvgIpc) is 2.57. The van der Waals surface area contributed by atoms with Crippen molar-refractivity contribution in [1.82, 2.24) is 5.32 Å². The summed E-state index contributed by atoms with van der Waals surface area (Å²) in [7, 11) is 0. The number of benzene rings is 1. The van der Waals surface area contributed by atoms with E-state index < -0.39 is 17.9 Å². The summed E-state index contributed by atoms with van der Waals surface area (Å²) in [5.74, 6) is -0.963. The minimum absolute atomic E-state index is 0.00797. The van der Waals surface area contributed by atoms with Crippen molar-refractivity contribution in [2.24, 2.45) is 0 Å². The lowest BCUT2D eigenvalue weighted by atomic mass is 10.1. The molecule has 3 amide bonds. The lowest BCUT2D eigenvalue weighted by molar-refractivity contribution is -0.118. The number of imide groups is 1. The predicted octanol–water partition coefficient (Wildman–Crippen LogP) is 2.05. The number of rotatable bonds is 3. The van der Waals surface area contributed by atoms with Crippen LogP contribution in [0.1, 0.15) is 19.8 Å². The number of hydrogen-bond acceptors (Lipinski definition) is 2. The van der Waals surface area contributed by atoms with E-state index in [1.165, 1.54) is 18.2 Å². The number of carbonyl (C=O) groups is 2. The highest BCUT2D eigenvalue weighted by atomic mass is 19.1. The number of nitrogens with zero attached hydrogens (tertiary/aromatic N) is 1. The number of anilines is 1. The summed E-state index contributed by atoms with van der Waals surface area (Å²) in [5, 5.41) is 2.55. The molecule has 1 heterocycles. The molecule has 1 unspecified atom stereocenters. The van der Waals surface area contributed by atoms with Gasteiger partial charge in [0.25, 0.3) is 5.91 Å². The van der Waals surface area contributed by atoms with Crippen LogP contribution in [0.5, 0.6) is 0 Å². The van der Waals surface area contributed by atoms with Gasteiger partial charge in [-0.25, -0.2) is 14.1 Å². The van der Waals surface area contributed by atoms with Crippen molar-refractivity contribution in [3.8, 4) is 0 Å². The van der Waals surface area contributed by atoms with Gasteiger partial charge >= 0.3 is 6.03 Å². The summed E-state index contributed by atoms with van der Waals surface area (Å²) in [5.41, 5.74) is 0.00797. The molecule has 0 aromatic heterocycles. The standard InChI is InChI=1S/C12H13FN2O2/c1-2-5-9-11(16)15(12(17)14-9)10-7-4-3-6-8(10)13/h3-4,6-7,9H,2,5H2,1H3,(H,14,17). The molecule has 90 valence electrons. The maximum atomic E-state index is 13.5. The maximum Gasteiger partial charge on any atom is 0.329 e. The summed E-state index contributed by atoms with van der Waals surface area (Å²) >= 11 is 0. The number of amides is 3. The smallest absolute Gasteiger partial charge is 0.325 e.